The molecular weight excluding hydrogens is 236 g/mol. The highest BCUT2D eigenvalue weighted by molar-refractivity contribution is 5.31. The highest BCUT2D eigenvalue weighted by Crippen LogP contribution is 2.22. The topological polar surface area (TPSA) is 55.9 Å². The van der Waals surface area contributed by atoms with Gasteiger partial charge >= 0.3 is 0 Å². The zero-order chi connectivity index (χ0) is 13.8. The van der Waals surface area contributed by atoms with Crippen molar-refractivity contribution >= 4 is 0 Å². The third-order valence-electron chi connectivity index (χ3n) is 3.24. The molecule has 0 aliphatic heterocycles. The second-order valence-electron chi connectivity index (χ2n) is 5.37. The van der Waals surface area contributed by atoms with Crippen molar-refractivity contribution in [2.45, 2.75) is 26.3 Å². The Bertz CT molecular complexity index is 530. The summed E-state index contributed by atoms with van der Waals surface area (Å²) < 4.78 is 1.99. The molecule has 1 unspecified atom stereocenters. The fourth-order valence-electron chi connectivity index (χ4n) is 2.37. The predicted molar refractivity (Wildman–Crippen MR) is 77.4 cm³/mol. The van der Waals surface area contributed by atoms with E-state index in [1.165, 1.54) is 11.1 Å². The number of aromatic nitrogens is 2. The summed E-state index contributed by atoms with van der Waals surface area (Å²) in [5.74, 6) is 6.37. The third kappa shape index (κ3) is 3.22. The summed E-state index contributed by atoms with van der Waals surface area (Å²) in [4.78, 5) is 4.15. The van der Waals surface area contributed by atoms with Gasteiger partial charge in [0, 0.05) is 7.05 Å². The van der Waals surface area contributed by atoms with Gasteiger partial charge in [0.2, 0.25) is 0 Å². The maximum Gasteiger partial charge on any atom is 0.0946 e. The van der Waals surface area contributed by atoms with Crippen LogP contribution in [0.5, 0.6) is 0 Å². The maximum absolute atomic E-state index is 5.73. The minimum Gasteiger partial charge on any atom is -0.336 e. The van der Waals surface area contributed by atoms with Crippen LogP contribution in [0, 0.1) is 5.92 Å². The molecule has 0 amide bonds. The molecule has 0 saturated carbocycles. The third-order valence-corrected chi connectivity index (χ3v) is 3.24. The number of imidazole rings is 1. The van der Waals surface area contributed by atoms with Crippen LogP contribution in [-0.4, -0.2) is 9.55 Å². The monoisotopic (exact) mass is 258 g/mol. The van der Waals surface area contributed by atoms with Gasteiger partial charge in [-0.3, -0.25) is 5.84 Å². The Morgan fingerprint density at radius 2 is 2.16 bits per heavy atom. The van der Waals surface area contributed by atoms with Crippen LogP contribution in [0.3, 0.4) is 0 Å². The molecule has 3 N–H and O–H groups in total. The summed E-state index contributed by atoms with van der Waals surface area (Å²) in [6, 6.07) is 8.55. The van der Waals surface area contributed by atoms with E-state index in [2.05, 4.69) is 48.5 Å². The van der Waals surface area contributed by atoms with E-state index in [4.69, 9.17) is 5.84 Å². The van der Waals surface area contributed by atoms with Crippen LogP contribution in [0.1, 0.15) is 36.7 Å². The van der Waals surface area contributed by atoms with Crippen molar-refractivity contribution in [3.05, 3.63) is 53.6 Å². The van der Waals surface area contributed by atoms with E-state index in [0.717, 1.165) is 12.1 Å². The lowest BCUT2D eigenvalue weighted by atomic mass is 9.97. The van der Waals surface area contributed by atoms with Crippen molar-refractivity contribution in [1.29, 1.82) is 0 Å². The molecule has 2 aromatic rings. The second-order valence-corrected chi connectivity index (χ2v) is 5.37. The van der Waals surface area contributed by atoms with Gasteiger partial charge in [-0.25, -0.2) is 10.4 Å². The molecule has 0 spiro atoms. The van der Waals surface area contributed by atoms with Gasteiger partial charge in [0.05, 0.1) is 24.3 Å². The van der Waals surface area contributed by atoms with Gasteiger partial charge in [-0.2, -0.15) is 0 Å². The first-order valence-electron chi connectivity index (χ1n) is 6.63. The summed E-state index contributed by atoms with van der Waals surface area (Å²) in [6.07, 6.45) is 4.72. The van der Waals surface area contributed by atoms with Crippen molar-refractivity contribution in [3.8, 4) is 0 Å². The van der Waals surface area contributed by atoms with Crippen molar-refractivity contribution in [3.63, 3.8) is 0 Å². The van der Waals surface area contributed by atoms with E-state index in [9.17, 15) is 0 Å². The van der Waals surface area contributed by atoms with Crippen LogP contribution < -0.4 is 11.3 Å². The fraction of sp³-hybridized carbons (Fsp3) is 0.400. The van der Waals surface area contributed by atoms with Crippen LogP contribution in [0.2, 0.25) is 0 Å². The van der Waals surface area contributed by atoms with Gasteiger partial charge in [-0.15, -0.1) is 0 Å². The van der Waals surface area contributed by atoms with Crippen molar-refractivity contribution in [2.75, 3.05) is 0 Å². The molecular formula is C15H22N4. The Balaban J connectivity index is 2.31. The number of aryl methyl sites for hydroxylation is 1. The number of benzene rings is 1. The standard InChI is InChI=1S/C15H22N4/c1-11(2)7-12-5-4-6-13(8-12)15(18-16)14-9-17-10-19(14)3/h4-6,8-11,15,18H,7,16H2,1-3H3. The minimum absolute atomic E-state index is 0.0281. The maximum atomic E-state index is 5.73. The SMILES string of the molecule is CC(C)Cc1cccc(C(NN)c2cncn2C)c1. The Kier molecular flexibility index (Phi) is 4.35. The number of rotatable bonds is 5. The molecule has 0 saturated heterocycles. The average molecular weight is 258 g/mol. The molecule has 4 heteroatoms. The van der Waals surface area contributed by atoms with Gasteiger partial charge in [0.1, 0.15) is 0 Å². The van der Waals surface area contributed by atoms with E-state index in [1.807, 2.05) is 17.8 Å². The average Bonchev–Trinajstić information content (AvgIpc) is 2.77. The molecule has 0 aliphatic carbocycles. The van der Waals surface area contributed by atoms with Gasteiger partial charge < -0.3 is 4.57 Å². The Labute approximate surface area is 114 Å². The van der Waals surface area contributed by atoms with Crippen LogP contribution in [0.15, 0.2) is 36.8 Å². The van der Waals surface area contributed by atoms with E-state index in [-0.39, 0.29) is 6.04 Å². The summed E-state index contributed by atoms with van der Waals surface area (Å²) in [7, 11) is 1.98. The number of nitrogens with zero attached hydrogens (tertiary/aromatic N) is 2. The zero-order valence-corrected chi connectivity index (χ0v) is 11.8. The fourth-order valence-corrected chi connectivity index (χ4v) is 2.37. The van der Waals surface area contributed by atoms with E-state index in [1.54, 1.807) is 6.33 Å². The highest BCUT2D eigenvalue weighted by atomic mass is 15.2. The van der Waals surface area contributed by atoms with Gasteiger partial charge in [-0.05, 0) is 23.5 Å². The lowest BCUT2D eigenvalue weighted by molar-refractivity contribution is 0.594. The van der Waals surface area contributed by atoms with E-state index in [0.29, 0.717) is 5.92 Å². The summed E-state index contributed by atoms with van der Waals surface area (Å²) in [5.41, 5.74) is 6.45. The lowest BCUT2D eigenvalue weighted by Crippen LogP contribution is -2.30. The first kappa shape index (κ1) is 13.8. The molecule has 4 nitrogen and oxygen atoms in total. The Morgan fingerprint density at radius 3 is 2.74 bits per heavy atom. The van der Waals surface area contributed by atoms with Gasteiger partial charge in [0.15, 0.2) is 0 Å². The number of hydrazine groups is 1. The van der Waals surface area contributed by atoms with Crippen molar-refractivity contribution in [1.82, 2.24) is 15.0 Å². The second kappa shape index (κ2) is 5.99. The molecule has 1 aromatic heterocycles. The molecule has 1 atom stereocenters. The smallest absolute Gasteiger partial charge is 0.0946 e. The summed E-state index contributed by atoms with van der Waals surface area (Å²) in [5, 5.41) is 0. The van der Waals surface area contributed by atoms with Crippen molar-refractivity contribution in [2.24, 2.45) is 18.8 Å². The molecule has 1 heterocycles. The molecule has 1 aromatic carbocycles. The number of hydrogen-bond donors (Lipinski definition) is 2. The number of hydrogen-bond acceptors (Lipinski definition) is 3. The normalized spacial score (nSPS) is 12.9. The molecule has 0 radical (unpaired) electrons. The van der Waals surface area contributed by atoms with Crippen LogP contribution in [0.25, 0.3) is 0 Å². The quantitative estimate of drug-likeness (QED) is 0.638. The summed E-state index contributed by atoms with van der Waals surface area (Å²) in [6.45, 7) is 4.46. The van der Waals surface area contributed by atoms with E-state index < -0.39 is 0 Å². The zero-order valence-electron chi connectivity index (χ0n) is 11.8. The Hall–Kier alpha value is -1.65. The van der Waals surface area contributed by atoms with Crippen LogP contribution in [-0.2, 0) is 13.5 Å². The number of nitrogens with two attached hydrogens (primary N) is 1. The molecule has 102 valence electrons. The molecule has 0 aliphatic rings. The first-order valence-corrected chi connectivity index (χ1v) is 6.63. The Morgan fingerprint density at radius 1 is 1.37 bits per heavy atom. The molecule has 2 rings (SSSR count). The molecule has 0 fully saturated rings. The number of nitrogens with one attached hydrogen (secondary N) is 1. The minimum atomic E-state index is -0.0281. The highest BCUT2D eigenvalue weighted by Gasteiger charge is 2.15. The molecule has 0 bridgehead atoms. The van der Waals surface area contributed by atoms with Crippen LogP contribution in [0.4, 0.5) is 0 Å². The van der Waals surface area contributed by atoms with Crippen LogP contribution >= 0.6 is 0 Å². The van der Waals surface area contributed by atoms with E-state index >= 15 is 0 Å². The lowest BCUT2D eigenvalue weighted by Gasteiger charge is -2.18. The van der Waals surface area contributed by atoms with Gasteiger partial charge in [-0.1, -0.05) is 38.1 Å². The van der Waals surface area contributed by atoms with Crippen molar-refractivity contribution < 1.29 is 0 Å². The first-order chi connectivity index (χ1) is 9.11. The largest absolute Gasteiger partial charge is 0.336 e. The molecule has 19 heavy (non-hydrogen) atoms. The summed E-state index contributed by atoms with van der Waals surface area (Å²) >= 11 is 0. The van der Waals surface area contributed by atoms with Gasteiger partial charge in [0.25, 0.3) is 0 Å². The predicted octanol–water partition coefficient (Wildman–Crippen LogP) is 2.17.